The highest BCUT2D eigenvalue weighted by atomic mass is 19.1. The van der Waals surface area contributed by atoms with Crippen LogP contribution in [0.4, 0.5) is 4.39 Å². The van der Waals surface area contributed by atoms with Gasteiger partial charge in [-0.1, -0.05) is 30.3 Å². The molecule has 0 fully saturated rings. The van der Waals surface area contributed by atoms with Crippen LogP contribution in [0, 0.1) is 0 Å². The molecule has 1 aromatic rings. The fourth-order valence-electron chi connectivity index (χ4n) is 1.00. The number of benzene rings is 1. The van der Waals surface area contributed by atoms with Crippen molar-refractivity contribution < 1.29 is 14.2 Å². The Balaban J connectivity index is 2.22. The molecule has 1 rings (SSSR count). The first-order valence-corrected chi connectivity index (χ1v) is 4.64. The predicted molar refractivity (Wildman–Crippen MR) is 52.7 cm³/mol. The topological polar surface area (TPSA) is 29.5 Å². The molecule has 1 aromatic carbocycles. The molecule has 0 aromatic heterocycles. The molecule has 1 N–H and O–H groups in total. The quantitative estimate of drug-likeness (QED) is 0.783. The number of aliphatic hydroxyl groups is 1. The fourth-order valence-corrected chi connectivity index (χ4v) is 1.00. The molecule has 2 atom stereocenters. The van der Waals surface area contributed by atoms with Crippen LogP contribution in [0.5, 0.6) is 0 Å². The monoisotopic (exact) mass is 198 g/mol. The summed E-state index contributed by atoms with van der Waals surface area (Å²) in [6.07, 6.45) is -2.27. The summed E-state index contributed by atoms with van der Waals surface area (Å²) in [5.41, 5.74) is 1.02. The Morgan fingerprint density at radius 2 is 2.00 bits per heavy atom. The van der Waals surface area contributed by atoms with Crippen LogP contribution < -0.4 is 0 Å². The summed E-state index contributed by atoms with van der Waals surface area (Å²) in [4.78, 5) is 0. The van der Waals surface area contributed by atoms with Gasteiger partial charge in [0, 0.05) is 0 Å². The van der Waals surface area contributed by atoms with E-state index in [0.29, 0.717) is 6.61 Å². The lowest BCUT2D eigenvalue weighted by atomic mass is 10.2. The van der Waals surface area contributed by atoms with Crippen molar-refractivity contribution in [3.05, 3.63) is 35.9 Å². The zero-order chi connectivity index (χ0) is 10.4. The number of hydrogen-bond donors (Lipinski definition) is 1. The maximum absolute atomic E-state index is 12.5. The van der Waals surface area contributed by atoms with Gasteiger partial charge in [-0.2, -0.15) is 0 Å². The van der Waals surface area contributed by atoms with Gasteiger partial charge in [0.15, 0.2) is 0 Å². The Bertz CT molecular complexity index is 249. The van der Waals surface area contributed by atoms with Crippen LogP contribution in [0.15, 0.2) is 30.3 Å². The number of halogens is 1. The van der Waals surface area contributed by atoms with Crippen molar-refractivity contribution in [3.8, 4) is 0 Å². The normalized spacial score (nSPS) is 15.1. The van der Waals surface area contributed by atoms with Gasteiger partial charge in [0.2, 0.25) is 0 Å². The molecule has 2 nitrogen and oxygen atoms in total. The minimum Gasteiger partial charge on any atom is -0.388 e. The number of rotatable bonds is 5. The van der Waals surface area contributed by atoms with Gasteiger partial charge in [-0.25, -0.2) is 4.39 Å². The number of alkyl halides is 1. The first-order valence-electron chi connectivity index (χ1n) is 4.64. The predicted octanol–water partition coefficient (Wildman–Crippen LogP) is 1.92. The van der Waals surface area contributed by atoms with Gasteiger partial charge >= 0.3 is 0 Å². The molecule has 0 saturated carbocycles. The number of ether oxygens (including phenoxy) is 1. The van der Waals surface area contributed by atoms with E-state index in [0.717, 1.165) is 5.56 Å². The first kappa shape index (κ1) is 11.1. The Labute approximate surface area is 83.3 Å². The minimum atomic E-state index is -1.24. The van der Waals surface area contributed by atoms with Gasteiger partial charge in [-0.15, -0.1) is 0 Å². The van der Waals surface area contributed by atoms with Crippen molar-refractivity contribution in [2.24, 2.45) is 0 Å². The van der Waals surface area contributed by atoms with Crippen molar-refractivity contribution in [1.82, 2.24) is 0 Å². The van der Waals surface area contributed by atoms with E-state index in [-0.39, 0.29) is 6.61 Å². The van der Waals surface area contributed by atoms with Crippen molar-refractivity contribution in [1.29, 1.82) is 0 Å². The Morgan fingerprint density at radius 3 is 2.57 bits per heavy atom. The fraction of sp³-hybridized carbons (Fsp3) is 0.455. The highest BCUT2D eigenvalue weighted by Gasteiger charge is 2.12. The summed E-state index contributed by atoms with van der Waals surface area (Å²) in [5.74, 6) is 0. The molecule has 0 bridgehead atoms. The van der Waals surface area contributed by atoms with Gasteiger partial charge in [-0.3, -0.25) is 0 Å². The lowest BCUT2D eigenvalue weighted by molar-refractivity contribution is -0.00767. The molecule has 0 radical (unpaired) electrons. The van der Waals surface area contributed by atoms with Crippen LogP contribution in [-0.4, -0.2) is 24.0 Å². The lowest BCUT2D eigenvalue weighted by Crippen LogP contribution is -2.24. The first-order chi connectivity index (χ1) is 6.70. The molecule has 3 heteroatoms. The Hall–Kier alpha value is -0.930. The molecule has 0 spiro atoms. The van der Waals surface area contributed by atoms with Crippen molar-refractivity contribution >= 4 is 0 Å². The van der Waals surface area contributed by atoms with Gasteiger partial charge in [0.05, 0.1) is 13.2 Å². The highest BCUT2D eigenvalue weighted by molar-refractivity contribution is 5.13. The lowest BCUT2D eigenvalue weighted by Gasteiger charge is -2.11. The van der Waals surface area contributed by atoms with Crippen LogP contribution in [0.2, 0.25) is 0 Å². The van der Waals surface area contributed by atoms with E-state index < -0.39 is 12.3 Å². The van der Waals surface area contributed by atoms with E-state index in [1.54, 1.807) is 0 Å². The zero-order valence-corrected chi connectivity index (χ0v) is 8.19. The van der Waals surface area contributed by atoms with E-state index in [1.165, 1.54) is 6.92 Å². The molecule has 0 amide bonds. The van der Waals surface area contributed by atoms with E-state index in [2.05, 4.69) is 0 Å². The van der Waals surface area contributed by atoms with Crippen LogP contribution >= 0.6 is 0 Å². The second kappa shape index (κ2) is 5.73. The molecule has 78 valence electrons. The largest absolute Gasteiger partial charge is 0.388 e. The number of aliphatic hydroxyl groups excluding tert-OH is 1. The van der Waals surface area contributed by atoms with Gasteiger partial charge in [-0.05, 0) is 12.5 Å². The van der Waals surface area contributed by atoms with Crippen LogP contribution in [0.25, 0.3) is 0 Å². The zero-order valence-electron chi connectivity index (χ0n) is 8.19. The second-order valence-electron chi connectivity index (χ2n) is 3.25. The standard InChI is InChI=1S/C11H15FO2/c1-9(12)11(13)8-14-7-10-5-3-2-4-6-10/h2-6,9,11,13H,7-8H2,1H3/t9-,11?/m1/s1. The van der Waals surface area contributed by atoms with Crippen LogP contribution in [-0.2, 0) is 11.3 Å². The van der Waals surface area contributed by atoms with Crippen LogP contribution in [0.3, 0.4) is 0 Å². The van der Waals surface area contributed by atoms with Crippen molar-refractivity contribution in [3.63, 3.8) is 0 Å². The highest BCUT2D eigenvalue weighted by Crippen LogP contribution is 2.03. The summed E-state index contributed by atoms with van der Waals surface area (Å²) in [6.45, 7) is 1.76. The minimum absolute atomic E-state index is 0.0343. The van der Waals surface area contributed by atoms with E-state index in [9.17, 15) is 4.39 Å². The molecular weight excluding hydrogens is 183 g/mol. The summed E-state index contributed by atoms with van der Waals surface area (Å²) >= 11 is 0. The summed E-state index contributed by atoms with van der Waals surface area (Å²) in [7, 11) is 0. The molecule has 0 saturated heterocycles. The molecule has 0 aliphatic heterocycles. The van der Waals surface area contributed by atoms with E-state index >= 15 is 0 Å². The van der Waals surface area contributed by atoms with Gasteiger partial charge in [0.25, 0.3) is 0 Å². The maximum Gasteiger partial charge on any atom is 0.125 e. The van der Waals surface area contributed by atoms with Crippen LogP contribution in [0.1, 0.15) is 12.5 Å². The van der Waals surface area contributed by atoms with Crippen molar-refractivity contribution in [2.45, 2.75) is 25.8 Å². The van der Waals surface area contributed by atoms with Gasteiger partial charge < -0.3 is 9.84 Å². The third-order valence-corrected chi connectivity index (χ3v) is 1.93. The Morgan fingerprint density at radius 1 is 1.36 bits per heavy atom. The van der Waals surface area contributed by atoms with Crippen molar-refractivity contribution in [2.75, 3.05) is 6.61 Å². The summed E-state index contributed by atoms with van der Waals surface area (Å²) in [6, 6.07) is 9.58. The second-order valence-corrected chi connectivity index (χ2v) is 3.25. The van der Waals surface area contributed by atoms with Gasteiger partial charge in [0.1, 0.15) is 12.3 Å². The third-order valence-electron chi connectivity index (χ3n) is 1.93. The smallest absolute Gasteiger partial charge is 0.125 e. The Kier molecular flexibility index (Phi) is 4.56. The molecule has 0 heterocycles. The molecule has 14 heavy (non-hydrogen) atoms. The molecule has 0 aliphatic rings. The molecular formula is C11H15FO2. The molecule has 1 unspecified atom stereocenters. The van der Waals surface area contributed by atoms with E-state index in [1.807, 2.05) is 30.3 Å². The average molecular weight is 198 g/mol. The number of hydrogen-bond acceptors (Lipinski definition) is 2. The maximum atomic E-state index is 12.5. The average Bonchev–Trinajstić information content (AvgIpc) is 2.19. The summed E-state index contributed by atoms with van der Waals surface area (Å²) < 4.78 is 17.6. The third kappa shape index (κ3) is 3.85. The summed E-state index contributed by atoms with van der Waals surface area (Å²) in [5, 5.41) is 9.10. The van der Waals surface area contributed by atoms with E-state index in [4.69, 9.17) is 9.84 Å². The molecule has 0 aliphatic carbocycles. The SMILES string of the molecule is C[C@@H](F)C(O)COCc1ccccc1.